The highest BCUT2D eigenvalue weighted by Crippen LogP contribution is 2.39. The number of likely N-dealkylation sites (tertiary alicyclic amines) is 1. The van der Waals surface area contributed by atoms with E-state index in [4.69, 9.17) is 5.73 Å². The molecule has 1 aromatic carbocycles. The average Bonchev–Trinajstić information content (AvgIpc) is 3.05. The molecule has 0 bridgehead atoms. The van der Waals surface area contributed by atoms with Gasteiger partial charge in [-0.15, -0.1) is 23.7 Å². The highest BCUT2D eigenvalue weighted by molar-refractivity contribution is 7.15. The number of thiazole rings is 1. The molecule has 2 atom stereocenters. The van der Waals surface area contributed by atoms with E-state index in [-0.39, 0.29) is 18.4 Å². The Morgan fingerprint density at radius 1 is 1.29 bits per heavy atom. The van der Waals surface area contributed by atoms with Crippen LogP contribution in [0.1, 0.15) is 35.4 Å². The summed E-state index contributed by atoms with van der Waals surface area (Å²) in [4.78, 5) is 7.43. The van der Waals surface area contributed by atoms with Crippen LogP contribution in [0.15, 0.2) is 30.5 Å². The number of benzene rings is 1. The molecule has 2 heterocycles. The lowest BCUT2D eigenvalue weighted by Gasteiger charge is -2.27. The van der Waals surface area contributed by atoms with Gasteiger partial charge in [0, 0.05) is 23.7 Å². The number of hydrogen-bond donors (Lipinski definition) is 1. The number of anilines is 1. The van der Waals surface area contributed by atoms with Gasteiger partial charge in [-0.3, -0.25) is 4.90 Å². The van der Waals surface area contributed by atoms with Gasteiger partial charge in [-0.25, -0.2) is 4.98 Å². The Kier molecular flexibility index (Phi) is 5.78. The monoisotopic (exact) mass is 377 g/mol. The van der Waals surface area contributed by atoms with E-state index in [1.807, 2.05) is 0 Å². The second kappa shape index (κ2) is 7.29. The van der Waals surface area contributed by atoms with Crippen LogP contribution < -0.4 is 5.73 Å². The fourth-order valence-electron chi connectivity index (χ4n) is 3.21. The van der Waals surface area contributed by atoms with Crippen molar-refractivity contribution in [2.75, 3.05) is 12.3 Å². The first-order valence-corrected chi connectivity index (χ1v) is 8.27. The minimum atomic E-state index is -4.29. The summed E-state index contributed by atoms with van der Waals surface area (Å²) in [5, 5.41) is 0.540. The van der Waals surface area contributed by atoms with Crippen LogP contribution in [0.3, 0.4) is 0 Å². The minimum absolute atomic E-state index is 0. The molecule has 1 saturated heterocycles. The van der Waals surface area contributed by atoms with Crippen molar-refractivity contribution in [1.82, 2.24) is 9.88 Å². The van der Waals surface area contributed by atoms with Gasteiger partial charge < -0.3 is 5.73 Å². The van der Waals surface area contributed by atoms with Gasteiger partial charge >= 0.3 is 6.18 Å². The topological polar surface area (TPSA) is 42.2 Å². The van der Waals surface area contributed by atoms with Gasteiger partial charge in [0.1, 0.15) is 0 Å². The van der Waals surface area contributed by atoms with Gasteiger partial charge in [0.2, 0.25) is 0 Å². The van der Waals surface area contributed by atoms with E-state index in [1.54, 1.807) is 18.3 Å². The molecule has 2 N–H and O–H groups in total. The molecule has 0 spiro atoms. The second-order valence-corrected chi connectivity index (χ2v) is 7.11. The first-order valence-electron chi connectivity index (χ1n) is 7.46. The zero-order valence-electron chi connectivity index (χ0n) is 13.1. The fraction of sp³-hybridized carbons (Fsp3) is 0.438. The molecule has 1 fully saturated rings. The maximum absolute atomic E-state index is 12.7. The molecule has 2 aromatic rings. The van der Waals surface area contributed by atoms with Crippen molar-refractivity contribution < 1.29 is 13.2 Å². The predicted molar refractivity (Wildman–Crippen MR) is 92.2 cm³/mol. The summed E-state index contributed by atoms with van der Waals surface area (Å²) in [6, 6.07) is 5.67. The van der Waals surface area contributed by atoms with E-state index >= 15 is 0 Å². The largest absolute Gasteiger partial charge is 0.416 e. The maximum Gasteiger partial charge on any atom is 0.416 e. The van der Waals surface area contributed by atoms with E-state index in [0.29, 0.717) is 11.0 Å². The van der Waals surface area contributed by atoms with Crippen LogP contribution >= 0.6 is 23.7 Å². The highest BCUT2D eigenvalue weighted by atomic mass is 35.5. The third kappa shape index (κ3) is 4.02. The molecule has 3 nitrogen and oxygen atoms in total. The summed E-state index contributed by atoms with van der Waals surface area (Å²) >= 11 is 1.46. The van der Waals surface area contributed by atoms with Crippen molar-refractivity contribution in [2.24, 2.45) is 5.92 Å². The number of alkyl halides is 3. The lowest BCUT2D eigenvalue weighted by atomic mass is 9.94. The van der Waals surface area contributed by atoms with Crippen molar-refractivity contribution in [3.63, 3.8) is 0 Å². The third-order valence-corrected chi connectivity index (χ3v) is 5.13. The summed E-state index contributed by atoms with van der Waals surface area (Å²) in [6.07, 6.45) is -1.49. The molecule has 0 amide bonds. The molecule has 1 aromatic heterocycles. The predicted octanol–water partition coefficient (Wildman–Crippen LogP) is 4.75. The van der Waals surface area contributed by atoms with Gasteiger partial charge in [-0.05, 0) is 36.6 Å². The third-order valence-electron chi connectivity index (χ3n) is 4.31. The highest BCUT2D eigenvalue weighted by Gasteiger charge is 2.34. The van der Waals surface area contributed by atoms with Crippen molar-refractivity contribution in [1.29, 1.82) is 0 Å². The van der Waals surface area contributed by atoms with Crippen LogP contribution in [-0.4, -0.2) is 16.4 Å². The van der Waals surface area contributed by atoms with Gasteiger partial charge in [0.25, 0.3) is 0 Å². The van der Waals surface area contributed by atoms with Crippen LogP contribution in [0, 0.1) is 5.92 Å². The molecule has 132 valence electrons. The van der Waals surface area contributed by atoms with E-state index in [0.717, 1.165) is 30.0 Å². The molecule has 0 saturated carbocycles. The van der Waals surface area contributed by atoms with Crippen molar-refractivity contribution in [3.05, 3.63) is 46.5 Å². The summed E-state index contributed by atoms with van der Waals surface area (Å²) < 4.78 is 38.1. The van der Waals surface area contributed by atoms with Crippen molar-refractivity contribution >= 4 is 28.9 Å². The van der Waals surface area contributed by atoms with Gasteiger partial charge in [-0.2, -0.15) is 13.2 Å². The molecular formula is C16H19ClF3N3S. The van der Waals surface area contributed by atoms with E-state index in [2.05, 4.69) is 16.8 Å². The zero-order chi connectivity index (χ0) is 16.6. The Hall–Kier alpha value is -1.31. The number of nitrogen functional groups attached to an aromatic ring is 1. The van der Waals surface area contributed by atoms with Crippen LogP contribution in [0.5, 0.6) is 0 Å². The number of nitrogens with zero attached hydrogens (tertiary/aromatic N) is 2. The number of hydrogen-bond acceptors (Lipinski definition) is 4. The molecule has 24 heavy (non-hydrogen) atoms. The molecule has 1 aliphatic heterocycles. The van der Waals surface area contributed by atoms with Crippen molar-refractivity contribution in [3.8, 4) is 0 Å². The maximum atomic E-state index is 12.7. The first-order chi connectivity index (χ1) is 10.8. The molecule has 1 aliphatic rings. The standard InChI is InChI=1S/C16H18F3N3S.ClH/c1-10-6-7-22(9-13-8-21-15(20)23-13)14(10)11-2-4-12(5-3-11)16(17,18)19;/h2-5,8,10,14H,6-7,9H2,1H3,(H2,20,21);1H. The second-order valence-electron chi connectivity index (χ2n) is 5.97. The fourth-order valence-corrected chi connectivity index (χ4v) is 3.92. The molecule has 8 heteroatoms. The van der Waals surface area contributed by atoms with Gasteiger partial charge in [-0.1, -0.05) is 19.1 Å². The molecular weight excluding hydrogens is 359 g/mol. The Morgan fingerprint density at radius 3 is 2.50 bits per heavy atom. The normalized spacial score (nSPS) is 21.7. The smallest absolute Gasteiger partial charge is 0.375 e. The lowest BCUT2D eigenvalue weighted by molar-refractivity contribution is -0.137. The number of rotatable bonds is 3. The van der Waals surface area contributed by atoms with Crippen LogP contribution in [0.4, 0.5) is 18.3 Å². The SMILES string of the molecule is CC1CCN(Cc2cnc(N)s2)C1c1ccc(C(F)(F)F)cc1.Cl. The molecule has 0 aliphatic carbocycles. The zero-order valence-corrected chi connectivity index (χ0v) is 14.7. The Balaban J connectivity index is 0.00000208. The molecule has 2 unspecified atom stereocenters. The molecule has 0 radical (unpaired) electrons. The summed E-state index contributed by atoms with van der Waals surface area (Å²) in [7, 11) is 0. The summed E-state index contributed by atoms with van der Waals surface area (Å²) in [6.45, 7) is 3.79. The van der Waals surface area contributed by atoms with Crippen LogP contribution in [-0.2, 0) is 12.7 Å². The van der Waals surface area contributed by atoms with Gasteiger partial charge in [0.05, 0.1) is 5.56 Å². The van der Waals surface area contributed by atoms with E-state index < -0.39 is 11.7 Å². The first kappa shape index (κ1) is 19.0. The summed E-state index contributed by atoms with van der Waals surface area (Å²) in [5.74, 6) is 0.400. The minimum Gasteiger partial charge on any atom is -0.375 e. The number of aromatic nitrogens is 1. The number of halogens is 4. The Labute approximate surface area is 149 Å². The van der Waals surface area contributed by atoms with E-state index in [1.165, 1.54) is 23.5 Å². The Morgan fingerprint density at radius 2 is 1.96 bits per heavy atom. The number of nitrogens with two attached hydrogens (primary N) is 1. The lowest BCUT2D eigenvalue weighted by Crippen LogP contribution is -2.24. The Bertz CT molecular complexity index is 672. The van der Waals surface area contributed by atoms with E-state index in [9.17, 15) is 13.2 Å². The van der Waals surface area contributed by atoms with Crippen molar-refractivity contribution in [2.45, 2.75) is 32.1 Å². The quantitative estimate of drug-likeness (QED) is 0.839. The average molecular weight is 378 g/mol. The molecule has 3 rings (SSSR count). The summed E-state index contributed by atoms with van der Waals surface area (Å²) in [5.41, 5.74) is 5.99. The van der Waals surface area contributed by atoms with Crippen LogP contribution in [0.25, 0.3) is 0 Å². The van der Waals surface area contributed by atoms with Gasteiger partial charge in [0.15, 0.2) is 5.13 Å². The van der Waals surface area contributed by atoms with Crippen LogP contribution in [0.2, 0.25) is 0 Å².